The van der Waals surface area contributed by atoms with Crippen molar-refractivity contribution in [2.45, 2.75) is 19.6 Å². The summed E-state index contributed by atoms with van der Waals surface area (Å²) in [5.41, 5.74) is 3.58. The summed E-state index contributed by atoms with van der Waals surface area (Å²) in [6.07, 6.45) is 4.87. The van der Waals surface area contributed by atoms with Gasteiger partial charge in [0.25, 0.3) is 5.91 Å². The van der Waals surface area contributed by atoms with Gasteiger partial charge >= 0.3 is 0 Å². The first-order chi connectivity index (χ1) is 14.0. The second kappa shape index (κ2) is 7.89. The third-order valence-corrected chi connectivity index (χ3v) is 5.08. The number of rotatable bonds is 4. The minimum atomic E-state index is -0.220. The predicted octanol–water partition coefficient (Wildman–Crippen LogP) is 3.26. The summed E-state index contributed by atoms with van der Waals surface area (Å²) in [5.74, 6) is 0.165. The van der Waals surface area contributed by atoms with Crippen LogP contribution in [0.3, 0.4) is 0 Å². The van der Waals surface area contributed by atoms with Crippen molar-refractivity contribution in [3.8, 4) is 0 Å². The maximum atomic E-state index is 12.7. The molecule has 0 saturated carbocycles. The number of nitrogens with one attached hydrogen (secondary N) is 2. The summed E-state index contributed by atoms with van der Waals surface area (Å²) in [6, 6.07) is 11.9. The molecule has 0 saturated heterocycles. The van der Waals surface area contributed by atoms with E-state index in [4.69, 9.17) is 4.74 Å². The van der Waals surface area contributed by atoms with Crippen molar-refractivity contribution in [2.24, 2.45) is 0 Å². The third kappa shape index (κ3) is 4.05. The number of aromatic amines is 1. The quantitative estimate of drug-likeness (QED) is 0.670. The first kappa shape index (κ1) is 18.9. The number of benzene rings is 1. The number of carbonyl (C=O) groups is 2. The number of fused-ring (bicyclic) bond motifs is 2. The van der Waals surface area contributed by atoms with Gasteiger partial charge in [-0.05, 0) is 42.1 Å². The van der Waals surface area contributed by atoms with Gasteiger partial charge in [0.05, 0.1) is 12.6 Å². The minimum Gasteiger partial charge on any atom is -0.367 e. The van der Waals surface area contributed by atoms with E-state index in [1.165, 1.54) is 6.08 Å². The molecule has 3 aromatic rings. The van der Waals surface area contributed by atoms with Crippen LogP contribution in [0.15, 0.2) is 48.7 Å². The first-order valence-corrected chi connectivity index (χ1v) is 9.40. The number of amides is 2. The van der Waals surface area contributed by atoms with Crippen LogP contribution in [0.1, 0.15) is 29.8 Å². The standard InChI is InChI=1S/C22H22N4O3/c1-14(19-10-16-5-3-4-6-18(16)24-19)26(2)21(28)8-7-15-9-17-12-29-13-20(27)25-22(17)23-11-15/h3-11,14,24H,12-13H2,1-2H3,(H,23,25,27)/b8-7+. The van der Waals surface area contributed by atoms with E-state index in [0.29, 0.717) is 12.4 Å². The summed E-state index contributed by atoms with van der Waals surface area (Å²) < 4.78 is 5.30. The molecule has 7 nitrogen and oxygen atoms in total. The number of ether oxygens (including phenoxy) is 1. The topological polar surface area (TPSA) is 87.3 Å². The molecule has 0 fully saturated rings. The molecule has 0 radical (unpaired) electrons. The number of hydrogen-bond acceptors (Lipinski definition) is 4. The lowest BCUT2D eigenvalue weighted by Crippen LogP contribution is -2.28. The molecule has 3 heterocycles. The molecule has 1 aliphatic heterocycles. The number of hydrogen-bond donors (Lipinski definition) is 2. The third-order valence-electron chi connectivity index (χ3n) is 5.08. The Morgan fingerprint density at radius 2 is 2.10 bits per heavy atom. The van der Waals surface area contributed by atoms with Crippen LogP contribution in [-0.4, -0.2) is 40.3 Å². The lowest BCUT2D eigenvalue weighted by Gasteiger charge is -2.22. The highest BCUT2D eigenvalue weighted by atomic mass is 16.5. The van der Waals surface area contributed by atoms with Gasteiger partial charge in [-0.15, -0.1) is 0 Å². The SMILES string of the molecule is CC(c1cc2ccccc2[nH]1)N(C)C(=O)/C=C/c1cnc2c(c1)COCC(=O)N2. The number of para-hydroxylation sites is 1. The van der Waals surface area contributed by atoms with E-state index in [1.807, 2.05) is 37.3 Å². The maximum absolute atomic E-state index is 12.7. The van der Waals surface area contributed by atoms with Crippen molar-refractivity contribution in [2.75, 3.05) is 19.0 Å². The number of anilines is 1. The van der Waals surface area contributed by atoms with Gasteiger partial charge in [0, 0.05) is 36.1 Å². The zero-order chi connectivity index (χ0) is 20.4. The van der Waals surface area contributed by atoms with Crippen LogP contribution in [0.25, 0.3) is 17.0 Å². The van der Waals surface area contributed by atoms with E-state index < -0.39 is 0 Å². The zero-order valence-electron chi connectivity index (χ0n) is 16.3. The van der Waals surface area contributed by atoms with Crippen LogP contribution in [0, 0.1) is 0 Å². The lowest BCUT2D eigenvalue weighted by molar-refractivity contribution is -0.126. The van der Waals surface area contributed by atoms with Gasteiger partial charge in [-0.2, -0.15) is 0 Å². The van der Waals surface area contributed by atoms with E-state index in [1.54, 1.807) is 24.2 Å². The summed E-state index contributed by atoms with van der Waals surface area (Å²) in [7, 11) is 1.78. The van der Waals surface area contributed by atoms with Gasteiger partial charge in [-0.1, -0.05) is 18.2 Å². The Morgan fingerprint density at radius 3 is 2.93 bits per heavy atom. The molecule has 2 N–H and O–H groups in total. The molecule has 2 amide bonds. The van der Waals surface area contributed by atoms with Crippen LogP contribution in [0.4, 0.5) is 5.82 Å². The fourth-order valence-corrected chi connectivity index (χ4v) is 3.27. The molecule has 148 valence electrons. The molecule has 7 heteroatoms. The molecule has 1 aromatic carbocycles. The van der Waals surface area contributed by atoms with Crippen LogP contribution in [0.2, 0.25) is 0 Å². The predicted molar refractivity (Wildman–Crippen MR) is 111 cm³/mol. The normalized spacial score (nSPS) is 15.0. The van der Waals surface area contributed by atoms with Crippen molar-refractivity contribution >= 4 is 34.6 Å². The van der Waals surface area contributed by atoms with Crippen molar-refractivity contribution in [3.05, 3.63) is 65.5 Å². The largest absolute Gasteiger partial charge is 0.367 e. The Balaban J connectivity index is 1.47. The van der Waals surface area contributed by atoms with Gasteiger partial charge in [0.15, 0.2) is 0 Å². The molecule has 0 spiro atoms. The highest BCUT2D eigenvalue weighted by Crippen LogP contribution is 2.24. The van der Waals surface area contributed by atoms with Crippen molar-refractivity contribution in [1.82, 2.24) is 14.9 Å². The van der Waals surface area contributed by atoms with E-state index in [9.17, 15) is 9.59 Å². The van der Waals surface area contributed by atoms with Crippen LogP contribution < -0.4 is 5.32 Å². The highest BCUT2D eigenvalue weighted by molar-refractivity contribution is 5.93. The molecule has 0 aliphatic carbocycles. The number of nitrogens with zero attached hydrogens (tertiary/aromatic N) is 2. The number of likely N-dealkylation sites (N-methyl/N-ethyl adjacent to an activating group) is 1. The molecule has 29 heavy (non-hydrogen) atoms. The van der Waals surface area contributed by atoms with Crippen LogP contribution in [0.5, 0.6) is 0 Å². The molecule has 4 rings (SSSR count). The molecule has 1 aliphatic rings. The van der Waals surface area contributed by atoms with Gasteiger partial charge < -0.3 is 19.9 Å². The van der Waals surface area contributed by atoms with E-state index >= 15 is 0 Å². The van der Waals surface area contributed by atoms with E-state index in [2.05, 4.69) is 21.4 Å². The Bertz CT molecular complexity index is 1070. The molecule has 1 atom stereocenters. The second-order valence-electron chi connectivity index (χ2n) is 7.09. The van der Waals surface area contributed by atoms with E-state index in [-0.39, 0.29) is 24.5 Å². The van der Waals surface area contributed by atoms with Gasteiger partial charge in [-0.25, -0.2) is 4.98 Å². The average Bonchev–Trinajstić information content (AvgIpc) is 3.07. The summed E-state index contributed by atoms with van der Waals surface area (Å²) >= 11 is 0. The highest BCUT2D eigenvalue weighted by Gasteiger charge is 2.18. The average molecular weight is 390 g/mol. The minimum absolute atomic E-state index is 0.0104. The number of aromatic nitrogens is 2. The van der Waals surface area contributed by atoms with Crippen molar-refractivity contribution in [3.63, 3.8) is 0 Å². The molecule has 2 aromatic heterocycles. The second-order valence-corrected chi connectivity index (χ2v) is 7.09. The van der Waals surface area contributed by atoms with Crippen LogP contribution in [-0.2, 0) is 20.9 Å². The Hall–Kier alpha value is -3.45. The Labute approximate surface area is 168 Å². The number of carbonyl (C=O) groups excluding carboxylic acids is 2. The van der Waals surface area contributed by atoms with Gasteiger partial charge in [-0.3, -0.25) is 9.59 Å². The van der Waals surface area contributed by atoms with Gasteiger partial charge in [0.2, 0.25) is 5.91 Å². The number of pyridine rings is 1. The molecular weight excluding hydrogens is 368 g/mol. The van der Waals surface area contributed by atoms with Crippen LogP contribution >= 0.6 is 0 Å². The van der Waals surface area contributed by atoms with Crippen molar-refractivity contribution in [1.29, 1.82) is 0 Å². The Kier molecular flexibility index (Phi) is 5.14. The monoisotopic (exact) mass is 390 g/mol. The van der Waals surface area contributed by atoms with Gasteiger partial charge in [0.1, 0.15) is 12.4 Å². The lowest BCUT2D eigenvalue weighted by atomic mass is 10.1. The first-order valence-electron chi connectivity index (χ1n) is 9.40. The summed E-state index contributed by atoms with van der Waals surface area (Å²) in [4.78, 5) is 33.5. The van der Waals surface area contributed by atoms with Crippen molar-refractivity contribution < 1.29 is 14.3 Å². The summed E-state index contributed by atoms with van der Waals surface area (Å²) in [6.45, 7) is 2.30. The molecule has 1 unspecified atom stereocenters. The Morgan fingerprint density at radius 1 is 1.28 bits per heavy atom. The maximum Gasteiger partial charge on any atom is 0.251 e. The zero-order valence-corrected chi connectivity index (χ0v) is 16.3. The summed E-state index contributed by atoms with van der Waals surface area (Å²) in [5, 5.41) is 3.82. The molecular formula is C22H22N4O3. The fourth-order valence-electron chi connectivity index (χ4n) is 3.27. The van der Waals surface area contributed by atoms with E-state index in [0.717, 1.165) is 27.7 Å². The smallest absolute Gasteiger partial charge is 0.251 e. The fraction of sp³-hybridized carbons (Fsp3) is 0.227. The number of H-pyrrole nitrogens is 1. The molecule has 0 bridgehead atoms.